The van der Waals surface area contributed by atoms with Gasteiger partial charge >= 0.3 is 0 Å². The van der Waals surface area contributed by atoms with Crippen molar-refractivity contribution in [2.75, 3.05) is 18.5 Å². The van der Waals surface area contributed by atoms with Gasteiger partial charge in [0.15, 0.2) is 0 Å². The summed E-state index contributed by atoms with van der Waals surface area (Å²) in [6.45, 7) is 10.8. The average molecular weight is 249 g/mol. The van der Waals surface area contributed by atoms with Crippen LogP contribution in [-0.4, -0.2) is 24.6 Å². The van der Waals surface area contributed by atoms with E-state index in [1.54, 1.807) is 0 Å². The van der Waals surface area contributed by atoms with Gasteiger partial charge in [-0.05, 0) is 31.9 Å². The summed E-state index contributed by atoms with van der Waals surface area (Å²) in [5.74, 6) is 1.81. The van der Waals surface area contributed by atoms with Crippen molar-refractivity contribution in [1.29, 1.82) is 0 Å². The Bertz CT molecular complexity index is 349. The van der Waals surface area contributed by atoms with Crippen LogP contribution in [0.3, 0.4) is 0 Å². The lowest BCUT2D eigenvalue weighted by molar-refractivity contribution is 0.501. The van der Waals surface area contributed by atoms with Crippen LogP contribution in [0.2, 0.25) is 0 Å². The summed E-state index contributed by atoms with van der Waals surface area (Å²) in [5.41, 5.74) is 1.28. The van der Waals surface area contributed by atoms with Gasteiger partial charge < -0.3 is 10.2 Å². The normalized spacial score (nSPS) is 12.8. The molecule has 1 aromatic rings. The third kappa shape index (κ3) is 4.30. The molecule has 1 heterocycles. The first-order chi connectivity index (χ1) is 8.56. The first kappa shape index (κ1) is 15.0. The van der Waals surface area contributed by atoms with Crippen LogP contribution >= 0.6 is 0 Å². The summed E-state index contributed by atoms with van der Waals surface area (Å²) in [4.78, 5) is 6.84. The molecule has 0 saturated carbocycles. The second-order valence-corrected chi connectivity index (χ2v) is 5.36. The van der Waals surface area contributed by atoms with Crippen molar-refractivity contribution in [2.24, 2.45) is 5.92 Å². The molecule has 0 amide bonds. The zero-order valence-electron chi connectivity index (χ0n) is 12.4. The molecule has 0 spiro atoms. The van der Waals surface area contributed by atoms with E-state index in [4.69, 9.17) is 0 Å². The van der Waals surface area contributed by atoms with Crippen molar-refractivity contribution in [3.05, 3.63) is 23.9 Å². The highest BCUT2D eigenvalue weighted by Gasteiger charge is 2.15. The SMILES string of the molecule is CCNCc1cccnc1N(C)C(C)CC(C)C. The molecule has 1 atom stereocenters. The highest BCUT2D eigenvalue weighted by atomic mass is 15.2. The number of aromatic nitrogens is 1. The van der Waals surface area contributed by atoms with Gasteiger partial charge in [0.1, 0.15) is 5.82 Å². The number of rotatable bonds is 7. The third-order valence-corrected chi connectivity index (χ3v) is 3.24. The molecule has 3 heteroatoms. The number of pyridine rings is 1. The van der Waals surface area contributed by atoms with Gasteiger partial charge in [0, 0.05) is 31.4 Å². The fourth-order valence-corrected chi connectivity index (χ4v) is 2.19. The number of hydrogen-bond acceptors (Lipinski definition) is 3. The van der Waals surface area contributed by atoms with Crippen LogP contribution in [-0.2, 0) is 6.54 Å². The smallest absolute Gasteiger partial charge is 0.132 e. The Kier molecular flexibility index (Phi) is 6.13. The van der Waals surface area contributed by atoms with Gasteiger partial charge in [-0.15, -0.1) is 0 Å². The molecule has 1 rings (SSSR count). The van der Waals surface area contributed by atoms with Crippen molar-refractivity contribution in [3.63, 3.8) is 0 Å². The first-order valence-electron chi connectivity index (χ1n) is 6.93. The molecule has 1 unspecified atom stereocenters. The summed E-state index contributed by atoms with van der Waals surface area (Å²) >= 11 is 0. The van der Waals surface area contributed by atoms with Gasteiger partial charge in [-0.2, -0.15) is 0 Å². The van der Waals surface area contributed by atoms with E-state index in [1.807, 2.05) is 12.3 Å². The fraction of sp³-hybridized carbons (Fsp3) is 0.667. The molecule has 0 aromatic carbocycles. The largest absolute Gasteiger partial charge is 0.357 e. The molecule has 0 bridgehead atoms. The molecule has 0 radical (unpaired) electrons. The summed E-state index contributed by atoms with van der Waals surface area (Å²) in [5, 5.41) is 3.37. The Morgan fingerprint density at radius 1 is 1.33 bits per heavy atom. The topological polar surface area (TPSA) is 28.2 Å². The predicted molar refractivity (Wildman–Crippen MR) is 78.9 cm³/mol. The first-order valence-corrected chi connectivity index (χ1v) is 6.93. The maximum atomic E-state index is 4.55. The van der Waals surface area contributed by atoms with Crippen molar-refractivity contribution in [2.45, 2.75) is 46.7 Å². The fourth-order valence-electron chi connectivity index (χ4n) is 2.19. The lowest BCUT2D eigenvalue weighted by Crippen LogP contribution is -2.32. The van der Waals surface area contributed by atoms with E-state index in [-0.39, 0.29) is 0 Å². The molecular weight excluding hydrogens is 222 g/mol. The van der Waals surface area contributed by atoms with E-state index in [9.17, 15) is 0 Å². The Balaban J connectivity index is 2.80. The summed E-state index contributed by atoms with van der Waals surface area (Å²) < 4.78 is 0. The predicted octanol–water partition coefficient (Wildman–Crippen LogP) is 3.06. The standard InChI is InChI=1S/C15H27N3/c1-6-16-11-14-8-7-9-17-15(14)18(5)13(4)10-12(2)3/h7-9,12-13,16H,6,10-11H2,1-5H3. The molecule has 0 aliphatic carbocycles. The lowest BCUT2D eigenvalue weighted by atomic mass is 10.0. The Hall–Kier alpha value is -1.09. The quantitative estimate of drug-likeness (QED) is 0.805. The molecule has 0 aliphatic heterocycles. The third-order valence-electron chi connectivity index (χ3n) is 3.24. The van der Waals surface area contributed by atoms with E-state index >= 15 is 0 Å². The van der Waals surface area contributed by atoms with Crippen LogP contribution < -0.4 is 10.2 Å². The van der Waals surface area contributed by atoms with Crippen LogP contribution in [0.25, 0.3) is 0 Å². The van der Waals surface area contributed by atoms with Crippen LogP contribution in [0, 0.1) is 5.92 Å². The van der Waals surface area contributed by atoms with Crippen molar-refractivity contribution >= 4 is 5.82 Å². The van der Waals surface area contributed by atoms with Gasteiger partial charge in [0.05, 0.1) is 0 Å². The van der Waals surface area contributed by atoms with Gasteiger partial charge in [0.25, 0.3) is 0 Å². The maximum absolute atomic E-state index is 4.55. The molecule has 0 saturated heterocycles. The van der Waals surface area contributed by atoms with Gasteiger partial charge in [-0.25, -0.2) is 4.98 Å². The van der Waals surface area contributed by atoms with Crippen molar-refractivity contribution < 1.29 is 0 Å². The zero-order chi connectivity index (χ0) is 13.5. The lowest BCUT2D eigenvalue weighted by Gasteiger charge is -2.29. The second-order valence-electron chi connectivity index (χ2n) is 5.36. The molecule has 1 N–H and O–H groups in total. The molecule has 1 aromatic heterocycles. The number of nitrogens with one attached hydrogen (secondary N) is 1. The molecule has 0 fully saturated rings. The summed E-state index contributed by atoms with van der Waals surface area (Å²) in [7, 11) is 2.14. The van der Waals surface area contributed by atoms with Gasteiger partial charge in [-0.3, -0.25) is 0 Å². The van der Waals surface area contributed by atoms with Gasteiger partial charge in [0.2, 0.25) is 0 Å². The Labute approximate surface area is 112 Å². The van der Waals surface area contributed by atoms with E-state index < -0.39 is 0 Å². The number of hydrogen-bond donors (Lipinski definition) is 1. The molecule has 0 aliphatic rings. The summed E-state index contributed by atoms with van der Waals surface area (Å²) in [6.07, 6.45) is 3.07. The number of nitrogens with zero attached hydrogens (tertiary/aromatic N) is 2. The maximum Gasteiger partial charge on any atom is 0.132 e. The van der Waals surface area contributed by atoms with Crippen molar-refractivity contribution in [1.82, 2.24) is 10.3 Å². The monoisotopic (exact) mass is 249 g/mol. The minimum absolute atomic E-state index is 0.514. The highest BCUT2D eigenvalue weighted by molar-refractivity contribution is 5.46. The van der Waals surface area contributed by atoms with Gasteiger partial charge in [-0.1, -0.05) is 26.8 Å². The van der Waals surface area contributed by atoms with Crippen LogP contribution in [0.15, 0.2) is 18.3 Å². The minimum Gasteiger partial charge on any atom is -0.357 e. The van der Waals surface area contributed by atoms with E-state index in [0.29, 0.717) is 12.0 Å². The van der Waals surface area contributed by atoms with Crippen molar-refractivity contribution in [3.8, 4) is 0 Å². The van der Waals surface area contributed by atoms with Crippen LogP contribution in [0.1, 0.15) is 39.7 Å². The van der Waals surface area contributed by atoms with E-state index in [0.717, 1.165) is 18.9 Å². The molecule has 3 nitrogen and oxygen atoms in total. The average Bonchev–Trinajstić information content (AvgIpc) is 2.35. The molecular formula is C15H27N3. The Morgan fingerprint density at radius 2 is 2.06 bits per heavy atom. The minimum atomic E-state index is 0.514. The zero-order valence-corrected chi connectivity index (χ0v) is 12.4. The number of anilines is 1. The highest BCUT2D eigenvalue weighted by Crippen LogP contribution is 2.20. The van der Waals surface area contributed by atoms with Crippen LogP contribution in [0.4, 0.5) is 5.82 Å². The molecule has 102 valence electrons. The van der Waals surface area contributed by atoms with E-state index in [2.05, 4.69) is 56.0 Å². The second kappa shape index (κ2) is 7.37. The Morgan fingerprint density at radius 3 is 2.67 bits per heavy atom. The van der Waals surface area contributed by atoms with Crippen LogP contribution in [0.5, 0.6) is 0 Å². The van der Waals surface area contributed by atoms with E-state index in [1.165, 1.54) is 12.0 Å². The summed E-state index contributed by atoms with van der Waals surface area (Å²) in [6, 6.07) is 4.68. The molecule has 18 heavy (non-hydrogen) atoms.